The fourth-order valence-corrected chi connectivity index (χ4v) is 4.29. The number of hydrogen-bond donors (Lipinski definition) is 2. The van der Waals surface area contributed by atoms with Crippen LogP contribution in [0.4, 0.5) is 10.5 Å². The first-order valence-electron chi connectivity index (χ1n) is 11.0. The molecule has 0 aromatic heterocycles. The highest BCUT2D eigenvalue weighted by atomic mass is 16.5. The first kappa shape index (κ1) is 22.8. The molecule has 1 aromatic carbocycles. The Morgan fingerprint density at radius 2 is 1.97 bits per heavy atom. The summed E-state index contributed by atoms with van der Waals surface area (Å²) in [6, 6.07) is 6.95. The Morgan fingerprint density at radius 1 is 1.23 bits per heavy atom. The summed E-state index contributed by atoms with van der Waals surface area (Å²) in [5.41, 5.74) is 0.893. The minimum Gasteiger partial charge on any atom is -0.454 e. The van der Waals surface area contributed by atoms with Gasteiger partial charge in [-0.15, -0.1) is 0 Å². The van der Waals surface area contributed by atoms with E-state index in [9.17, 15) is 19.2 Å². The molecule has 0 bridgehead atoms. The normalized spacial score (nSPS) is 23.0. The summed E-state index contributed by atoms with van der Waals surface area (Å²) in [5.74, 6) is -1.65. The maximum atomic E-state index is 12.9. The number of urea groups is 1. The lowest BCUT2D eigenvalue weighted by atomic mass is 9.73. The van der Waals surface area contributed by atoms with Crippen molar-refractivity contribution < 1.29 is 23.9 Å². The molecule has 2 fully saturated rings. The summed E-state index contributed by atoms with van der Waals surface area (Å²) >= 11 is 0. The molecule has 8 heteroatoms. The Kier molecular flexibility index (Phi) is 7.30. The monoisotopic (exact) mass is 429 g/mol. The zero-order chi connectivity index (χ0) is 22.4. The second kappa shape index (κ2) is 9.94. The first-order chi connectivity index (χ1) is 14.9. The fourth-order valence-electron chi connectivity index (χ4n) is 4.29. The molecule has 8 nitrogen and oxygen atoms in total. The summed E-state index contributed by atoms with van der Waals surface area (Å²) in [6.07, 6.45) is 6.52. The Hall–Kier alpha value is -2.90. The molecule has 0 unspecified atom stereocenters. The number of rotatable bonds is 8. The van der Waals surface area contributed by atoms with E-state index in [1.165, 1.54) is 5.56 Å². The van der Waals surface area contributed by atoms with Crippen LogP contribution in [-0.2, 0) is 25.5 Å². The highest BCUT2D eigenvalue weighted by molar-refractivity contribution is 6.09. The van der Waals surface area contributed by atoms with Crippen LogP contribution >= 0.6 is 0 Å². The van der Waals surface area contributed by atoms with Crippen LogP contribution in [-0.4, -0.2) is 47.4 Å². The van der Waals surface area contributed by atoms with E-state index in [1.54, 1.807) is 0 Å². The predicted octanol–water partition coefficient (Wildman–Crippen LogP) is 3.01. The van der Waals surface area contributed by atoms with E-state index in [1.807, 2.05) is 31.2 Å². The van der Waals surface area contributed by atoms with Gasteiger partial charge < -0.3 is 15.4 Å². The predicted molar refractivity (Wildman–Crippen MR) is 115 cm³/mol. The van der Waals surface area contributed by atoms with E-state index >= 15 is 0 Å². The van der Waals surface area contributed by atoms with Crippen molar-refractivity contribution in [3.05, 3.63) is 29.8 Å². The van der Waals surface area contributed by atoms with Crippen molar-refractivity contribution in [1.29, 1.82) is 0 Å². The van der Waals surface area contributed by atoms with Gasteiger partial charge in [0.2, 0.25) is 0 Å². The SMILES string of the molecule is CCCCc1ccc(NC(=O)COC(=O)CN2C(=O)N[C@]3(CCCC[C@@H]3C)C2=O)cc1. The molecule has 31 heavy (non-hydrogen) atoms. The zero-order valence-corrected chi connectivity index (χ0v) is 18.2. The van der Waals surface area contributed by atoms with Crippen molar-refractivity contribution in [2.75, 3.05) is 18.5 Å². The smallest absolute Gasteiger partial charge is 0.326 e. The van der Waals surface area contributed by atoms with E-state index in [-0.39, 0.29) is 11.8 Å². The summed E-state index contributed by atoms with van der Waals surface area (Å²) in [4.78, 5) is 50.3. The molecule has 1 saturated carbocycles. The number of anilines is 1. The number of benzene rings is 1. The van der Waals surface area contributed by atoms with Crippen LogP contribution in [0.2, 0.25) is 0 Å². The second-order valence-corrected chi connectivity index (χ2v) is 8.45. The lowest BCUT2D eigenvalue weighted by Gasteiger charge is -2.36. The first-order valence-corrected chi connectivity index (χ1v) is 11.0. The molecule has 2 N–H and O–H groups in total. The fraction of sp³-hybridized carbons (Fsp3) is 0.565. The molecule has 2 atom stereocenters. The van der Waals surface area contributed by atoms with Crippen LogP contribution in [0.1, 0.15) is 57.9 Å². The molecule has 1 aromatic rings. The lowest BCUT2D eigenvalue weighted by Crippen LogP contribution is -2.54. The topological polar surface area (TPSA) is 105 Å². The van der Waals surface area contributed by atoms with E-state index < -0.39 is 36.6 Å². The van der Waals surface area contributed by atoms with Gasteiger partial charge in [0.15, 0.2) is 6.61 Å². The molecule has 1 heterocycles. The van der Waals surface area contributed by atoms with Gasteiger partial charge in [-0.05, 0) is 49.3 Å². The minimum absolute atomic E-state index is 0.0119. The van der Waals surface area contributed by atoms with Gasteiger partial charge in [-0.2, -0.15) is 0 Å². The number of amides is 4. The van der Waals surface area contributed by atoms with Crippen LogP contribution in [0, 0.1) is 5.92 Å². The van der Waals surface area contributed by atoms with E-state index in [2.05, 4.69) is 17.6 Å². The summed E-state index contributed by atoms with van der Waals surface area (Å²) in [5, 5.41) is 5.46. The summed E-state index contributed by atoms with van der Waals surface area (Å²) < 4.78 is 4.99. The van der Waals surface area contributed by atoms with E-state index in [0.717, 1.165) is 43.4 Å². The van der Waals surface area contributed by atoms with E-state index in [0.29, 0.717) is 12.1 Å². The highest BCUT2D eigenvalue weighted by Gasteiger charge is 2.55. The van der Waals surface area contributed by atoms with Crippen LogP contribution < -0.4 is 10.6 Å². The summed E-state index contributed by atoms with van der Waals surface area (Å²) in [6.45, 7) is 3.09. The number of esters is 1. The number of nitrogens with zero attached hydrogens (tertiary/aromatic N) is 1. The summed E-state index contributed by atoms with van der Waals surface area (Å²) in [7, 11) is 0. The number of nitrogens with one attached hydrogen (secondary N) is 2. The number of carbonyl (C=O) groups excluding carboxylic acids is 4. The number of aryl methyl sites for hydroxylation is 1. The van der Waals surface area contributed by atoms with Gasteiger partial charge in [0.1, 0.15) is 12.1 Å². The molecule has 2 aliphatic rings. The van der Waals surface area contributed by atoms with Crippen molar-refractivity contribution in [2.24, 2.45) is 5.92 Å². The van der Waals surface area contributed by atoms with Gasteiger partial charge in [0, 0.05) is 5.69 Å². The molecule has 4 amide bonds. The minimum atomic E-state index is -0.920. The molecular weight excluding hydrogens is 398 g/mol. The number of imide groups is 1. The molecule has 0 radical (unpaired) electrons. The van der Waals surface area contributed by atoms with Crippen LogP contribution in [0.25, 0.3) is 0 Å². The van der Waals surface area contributed by atoms with Gasteiger partial charge in [-0.3, -0.25) is 19.3 Å². The Bertz CT molecular complexity index is 838. The second-order valence-electron chi connectivity index (χ2n) is 8.45. The molecule has 3 rings (SSSR count). The zero-order valence-electron chi connectivity index (χ0n) is 18.2. The maximum Gasteiger partial charge on any atom is 0.326 e. The van der Waals surface area contributed by atoms with E-state index in [4.69, 9.17) is 4.74 Å². The third-order valence-electron chi connectivity index (χ3n) is 6.21. The van der Waals surface area contributed by atoms with Gasteiger partial charge in [0.25, 0.3) is 11.8 Å². The van der Waals surface area contributed by atoms with Crippen molar-refractivity contribution >= 4 is 29.5 Å². The number of carbonyl (C=O) groups is 4. The molecule has 1 spiro atoms. The van der Waals surface area contributed by atoms with Gasteiger partial charge in [-0.1, -0.05) is 45.2 Å². The Balaban J connectivity index is 1.47. The van der Waals surface area contributed by atoms with Gasteiger partial charge in [0.05, 0.1) is 0 Å². The standard InChI is InChI=1S/C23H31N3O5/c1-3-4-8-17-9-11-18(12-10-17)24-19(27)15-31-20(28)14-26-21(29)23(25-22(26)30)13-6-5-7-16(23)2/h9-12,16H,3-8,13-15H2,1-2H3,(H,24,27)(H,25,30)/t16-,23-/m0/s1. The van der Waals surface area contributed by atoms with Crippen molar-refractivity contribution in [2.45, 2.75) is 64.3 Å². The largest absolute Gasteiger partial charge is 0.454 e. The van der Waals surface area contributed by atoms with Crippen LogP contribution in [0.15, 0.2) is 24.3 Å². The van der Waals surface area contributed by atoms with Crippen LogP contribution in [0.3, 0.4) is 0 Å². The number of hydrogen-bond acceptors (Lipinski definition) is 5. The van der Waals surface area contributed by atoms with Crippen molar-refractivity contribution in [3.8, 4) is 0 Å². The third kappa shape index (κ3) is 5.24. The Labute approximate surface area is 182 Å². The molecule has 168 valence electrons. The molecule has 1 aliphatic carbocycles. The van der Waals surface area contributed by atoms with Crippen LogP contribution in [0.5, 0.6) is 0 Å². The number of ether oxygens (including phenoxy) is 1. The lowest BCUT2D eigenvalue weighted by molar-refractivity contribution is -0.150. The Morgan fingerprint density at radius 3 is 2.65 bits per heavy atom. The average molecular weight is 430 g/mol. The van der Waals surface area contributed by atoms with Gasteiger partial charge in [-0.25, -0.2) is 4.79 Å². The van der Waals surface area contributed by atoms with Crippen molar-refractivity contribution in [3.63, 3.8) is 0 Å². The average Bonchev–Trinajstić information content (AvgIpc) is 2.99. The third-order valence-corrected chi connectivity index (χ3v) is 6.21. The highest BCUT2D eigenvalue weighted by Crippen LogP contribution is 2.38. The molecule has 1 saturated heterocycles. The molecule has 1 aliphatic heterocycles. The van der Waals surface area contributed by atoms with Crippen molar-refractivity contribution in [1.82, 2.24) is 10.2 Å². The number of unbranched alkanes of at least 4 members (excludes halogenated alkanes) is 1. The quantitative estimate of drug-likeness (QED) is 0.488. The maximum absolute atomic E-state index is 12.9. The molecular formula is C23H31N3O5. The van der Waals surface area contributed by atoms with Gasteiger partial charge >= 0.3 is 12.0 Å².